The summed E-state index contributed by atoms with van der Waals surface area (Å²) in [6, 6.07) is 3.61. The summed E-state index contributed by atoms with van der Waals surface area (Å²) < 4.78 is 21.2. The van der Waals surface area contributed by atoms with Gasteiger partial charge in [-0.15, -0.1) is 0 Å². The number of hydrogen-bond acceptors (Lipinski definition) is 9. The summed E-state index contributed by atoms with van der Waals surface area (Å²) in [5.41, 5.74) is 6.61. The van der Waals surface area contributed by atoms with Crippen molar-refractivity contribution >= 4 is 23.9 Å². The number of esters is 4. The first-order valence-corrected chi connectivity index (χ1v) is 11.8. The second-order valence-electron chi connectivity index (χ2n) is 8.04. The molecule has 0 radical (unpaired) electrons. The lowest BCUT2D eigenvalue weighted by Gasteiger charge is -2.22. The molecule has 0 saturated carbocycles. The molecule has 9 nitrogen and oxygen atoms in total. The monoisotopic (exact) mass is 479 g/mol. The molecule has 0 aliphatic heterocycles. The van der Waals surface area contributed by atoms with Gasteiger partial charge in [0.15, 0.2) is 11.5 Å². The molecule has 0 fully saturated rings. The number of carbonyl (C=O) groups excluding carboxylic acids is 4. The van der Waals surface area contributed by atoms with Gasteiger partial charge in [-0.2, -0.15) is 0 Å². The number of benzene rings is 1. The third-order valence-corrected chi connectivity index (χ3v) is 5.06. The minimum Gasteiger partial charge on any atom is -0.459 e. The molecule has 1 aromatic carbocycles. The van der Waals surface area contributed by atoms with Crippen molar-refractivity contribution in [2.45, 2.75) is 97.8 Å². The fourth-order valence-corrected chi connectivity index (χ4v) is 2.82. The molecular formula is C25H37NO8. The van der Waals surface area contributed by atoms with Crippen LogP contribution in [0.15, 0.2) is 18.2 Å². The molecule has 0 amide bonds. The Morgan fingerprint density at radius 3 is 2.00 bits per heavy atom. The topological polar surface area (TPSA) is 131 Å². The number of unbranched alkanes of at least 4 members (excludes halogenated alkanes) is 2. The number of hydrogen-bond donors (Lipinski definition) is 1. The average molecular weight is 480 g/mol. The van der Waals surface area contributed by atoms with Crippen molar-refractivity contribution < 1.29 is 38.1 Å². The van der Waals surface area contributed by atoms with Crippen molar-refractivity contribution in [1.82, 2.24) is 0 Å². The van der Waals surface area contributed by atoms with Gasteiger partial charge in [0, 0.05) is 19.3 Å². The Hall–Kier alpha value is -2.94. The van der Waals surface area contributed by atoms with Crippen LogP contribution in [0.1, 0.15) is 78.7 Å². The fourth-order valence-electron chi connectivity index (χ4n) is 2.82. The lowest BCUT2D eigenvalue weighted by atomic mass is 10.1. The molecule has 1 rings (SSSR count). The van der Waals surface area contributed by atoms with Gasteiger partial charge in [-0.25, -0.2) is 0 Å². The van der Waals surface area contributed by atoms with Gasteiger partial charge in [0.25, 0.3) is 0 Å². The molecule has 1 unspecified atom stereocenters. The van der Waals surface area contributed by atoms with Gasteiger partial charge in [-0.1, -0.05) is 39.7 Å². The molecule has 1 aromatic rings. The molecule has 0 saturated heterocycles. The van der Waals surface area contributed by atoms with Crippen LogP contribution in [0.5, 0.6) is 11.5 Å². The van der Waals surface area contributed by atoms with E-state index in [1.807, 2.05) is 6.92 Å². The van der Waals surface area contributed by atoms with Crippen LogP contribution in [0, 0.1) is 0 Å². The number of ether oxygens (including phenoxy) is 4. The molecule has 0 aliphatic rings. The van der Waals surface area contributed by atoms with Crippen LogP contribution in [0.25, 0.3) is 0 Å². The second-order valence-corrected chi connectivity index (χ2v) is 8.04. The quantitative estimate of drug-likeness (QED) is 0.241. The number of nitrogens with two attached hydrogens (primary N) is 1. The zero-order chi connectivity index (χ0) is 25.7. The summed E-state index contributed by atoms with van der Waals surface area (Å²) in [5, 5.41) is 0. The predicted octanol–water partition coefficient (Wildman–Crippen LogP) is 3.63. The summed E-state index contributed by atoms with van der Waals surface area (Å²) in [6.07, 6.45) is 2.13. The molecule has 0 bridgehead atoms. The first kappa shape index (κ1) is 29.1. The van der Waals surface area contributed by atoms with E-state index >= 15 is 0 Å². The van der Waals surface area contributed by atoms with Crippen LogP contribution in [-0.4, -0.2) is 42.1 Å². The van der Waals surface area contributed by atoms with Crippen LogP contribution in [0.2, 0.25) is 0 Å². The van der Waals surface area contributed by atoms with Crippen molar-refractivity contribution in [3.05, 3.63) is 23.8 Å². The molecule has 190 valence electrons. The fraction of sp³-hybridized carbons (Fsp3) is 0.600. The Morgan fingerprint density at radius 2 is 1.41 bits per heavy atom. The van der Waals surface area contributed by atoms with E-state index < -0.39 is 36.2 Å². The molecule has 2 N–H and O–H groups in total. The van der Waals surface area contributed by atoms with Crippen molar-refractivity contribution in [1.29, 1.82) is 0 Å². The minimum atomic E-state index is -1.01. The maximum absolute atomic E-state index is 12.5. The normalized spacial score (nSPS) is 13.4. The molecule has 0 aromatic heterocycles. The van der Waals surface area contributed by atoms with E-state index in [0.717, 1.165) is 19.3 Å². The highest BCUT2D eigenvalue weighted by Crippen LogP contribution is 2.30. The summed E-state index contributed by atoms with van der Waals surface area (Å²) in [6.45, 7) is 8.63. The highest BCUT2D eigenvalue weighted by atomic mass is 16.6. The Kier molecular flexibility index (Phi) is 12.9. The van der Waals surface area contributed by atoms with Crippen LogP contribution >= 0.6 is 0 Å². The summed E-state index contributed by atoms with van der Waals surface area (Å²) in [7, 11) is 0. The third kappa shape index (κ3) is 10.3. The molecule has 34 heavy (non-hydrogen) atoms. The highest BCUT2D eigenvalue weighted by molar-refractivity contribution is 5.77. The van der Waals surface area contributed by atoms with Crippen LogP contribution < -0.4 is 15.2 Å². The Balaban J connectivity index is 2.75. The van der Waals surface area contributed by atoms with Gasteiger partial charge in [0.05, 0.1) is 0 Å². The lowest BCUT2D eigenvalue weighted by molar-refractivity contribution is -0.166. The molecule has 9 heteroatoms. The summed E-state index contributed by atoms with van der Waals surface area (Å²) in [5.74, 6) is -1.78. The third-order valence-electron chi connectivity index (χ3n) is 5.06. The minimum absolute atomic E-state index is 0.0729. The zero-order valence-electron chi connectivity index (χ0n) is 20.8. The van der Waals surface area contributed by atoms with Gasteiger partial charge in [0.1, 0.15) is 18.2 Å². The zero-order valence-corrected chi connectivity index (χ0v) is 20.8. The van der Waals surface area contributed by atoms with Crippen molar-refractivity contribution in [2.75, 3.05) is 0 Å². The van der Waals surface area contributed by atoms with Crippen LogP contribution in [0.4, 0.5) is 0 Å². The second kappa shape index (κ2) is 15.1. The highest BCUT2D eigenvalue weighted by Gasteiger charge is 2.24. The average Bonchev–Trinajstić information content (AvgIpc) is 2.80. The van der Waals surface area contributed by atoms with Crippen molar-refractivity contribution in [3.8, 4) is 11.5 Å². The molecule has 3 atom stereocenters. The maximum Gasteiger partial charge on any atom is 0.323 e. The SMILES string of the molecule is CCCCCC(=O)OC(C)[C@H](C)OC(=O)[C@@H](N)Cc1ccc(OC(=O)CC)c(OC(=O)CC)c1. The number of carbonyl (C=O) groups is 4. The lowest BCUT2D eigenvalue weighted by Crippen LogP contribution is -2.39. The van der Waals surface area contributed by atoms with Crippen molar-refractivity contribution in [2.24, 2.45) is 5.73 Å². The Labute approximate surface area is 201 Å². The largest absolute Gasteiger partial charge is 0.459 e. The molecular weight excluding hydrogens is 442 g/mol. The summed E-state index contributed by atoms with van der Waals surface area (Å²) >= 11 is 0. The van der Waals surface area contributed by atoms with Gasteiger partial charge < -0.3 is 24.7 Å². The van der Waals surface area contributed by atoms with Crippen LogP contribution in [0.3, 0.4) is 0 Å². The maximum atomic E-state index is 12.5. The smallest absolute Gasteiger partial charge is 0.323 e. The first-order chi connectivity index (χ1) is 16.1. The van der Waals surface area contributed by atoms with E-state index in [0.29, 0.717) is 12.0 Å². The van der Waals surface area contributed by atoms with E-state index in [1.54, 1.807) is 33.8 Å². The molecule has 0 spiro atoms. The Bertz CT molecular complexity index is 838. The standard InChI is InChI=1S/C25H37NO8/c1-6-9-10-11-24(29)31-16(4)17(5)32-25(30)19(26)14-18-12-13-20(33-22(27)7-2)21(15-18)34-23(28)8-3/h12-13,15-17,19H,6-11,14,26H2,1-5H3/t16?,17-,19-/m0/s1. The van der Waals surface area contributed by atoms with Gasteiger partial charge >= 0.3 is 23.9 Å². The first-order valence-electron chi connectivity index (χ1n) is 11.8. The van der Waals surface area contributed by atoms with Gasteiger partial charge in [0.2, 0.25) is 0 Å². The molecule has 0 aliphatic carbocycles. The predicted molar refractivity (Wildman–Crippen MR) is 125 cm³/mol. The molecule has 0 heterocycles. The van der Waals surface area contributed by atoms with Gasteiger partial charge in [-0.3, -0.25) is 19.2 Å². The van der Waals surface area contributed by atoms with E-state index in [9.17, 15) is 19.2 Å². The van der Waals surface area contributed by atoms with Crippen LogP contribution in [-0.2, 0) is 35.1 Å². The van der Waals surface area contributed by atoms with E-state index in [4.69, 9.17) is 24.7 Å². The number of rotatable bonds is 14. The van der Waals surface area contributed by atoms with Crippen molar-refractivity contribution in [3.63, 3.8) is 0 Å². The van der Waals surface area contributed by atoms with E-state index in [1.165, 1.54) is 12.1 Å². The van der Waals surface area contributed by atoms with E-state index in [-0.39, 0.29) is 36.7 Å². The summed E-state index contributed by atoms with van der Waals surface area (Å²) in [4.78, 5) is 47.8. The van der Waals surface area contributed by atoms with Gasteiger partial charge in [-0.05, 0) is 44.4 Å². The van der Waals surface area contributed by atoms with E-state index in [2.05, 4.69) is 0 Å². The Morgan fingerprint density at radius 1 is 0.824 bits per heavy atom.